The van der Waals surface area contributed by atoms with Crippen LogP contribution >= 0.6 is 0 Å². The van der Waals surface area contributed by atoms with Gasteiger partial charge in [-0.05, 0) is 62.6 Å². The number of pyridine rings is 1. The van der Waals surface area contributed by atoms with Crippen molar-refractivity contribution < 1.29 is 13.9 Å². The van der Waals surface area contributed by atoms with Gasteiger partial charge in [0.25, 0.3) is 0 Å². The predicted octanol–water partition coefficient (Wildman–Crippen LogP) is 3.79. The number of hydrogen-bond acceptors (Lipinski definition) is 5. The number of rotatable bonds is 6. The quantitative estimate of drug-likeness (QED) is 0.677. The van der Waals surface area contributed by atoms with E-state index in [1.54, 1.807) is 6.07 Å². The number of halogens is 1. The van der Waals surface area contributed by atoms with Crippen molar-refractivity contribution in [2.24, 2.45) is 5.92 Å². The summed E-state index contributed by atoms with van der Waals surface area (Å²) in [6, 6.07) is 10.8. The molecule has 0 N–H and O–H groups in total. The SMILES string of the molecule is COc1ccc(F)cc1C(=O)[C@@H]1CCCN(C2CCN(Cc3ccccn3)CC2)C1. The van der Waals surface area contributed by atoms with E-state index in [-0.39, 0.29) is 11.7 Å². The van der Waals surface area contributed by atoms with Gasteiger partial charge in [-0.15, -0.1) is 0 Å². The first-order chi connectivity index (χ1) is 14.6. The Morgan fingerprint density at radius 3 is 2.73 bits per heavy atom. The number of nitrogens with zero attached hydrogens (tertiary/aromatic N) is 3. The first-order valence-electron chi connectivity index (χ1n) is 10.9. The zero-order valence-electron chi connectivity index (χ0n) is 17.6. The van der Waals surface area contributed by atoms with E-state index < -0.39 is 5.82 Å². The first-order valence-corrected chi connectivity index (χ1v) is 10.9. The minimum Gasteiger partial charge on any atom is -0.496 e. The lowest BCUT2D eigenvalue weighted by molar-refractivity contribution is 0.0581. The molecule has 1 aromatic carbocycles. The van der Waals surface area contributed by atoms with E-state index in [0.29, 0.717) is 17.4 Å². The Bertz CT molecular complexity index is 853. The third-order valence-corrected chi connectivity index (χ3v) is 6.44. The van der Waals surface area contributed by atoms with Crippen LogP contribution in [-0.4, -0.2) is 59.9 Å². The number of carbonyl (C=O) groups is 1. The smallest absolute Gasteiger partial charge is 0.171 e. The Kier molecular flexibility index (Phi) is 6.75. The van der Waals surface area contributed by atoms with Gasteiger partial charge in [0.15, 0.2) is 5.78 Å². The average Bonchev–Trinajstić information content (AvgIpc) is 2.80. The monoisotopic (exact) mass is 411 g/mol. The summed E-state index contributed by atoms with van der Waals surface area (Å²) in [6.45, 7) is 4.79. The lowest BCUT2D eigenvalue weighted by Crippen LogP contribution is -2.49. The maximum atomic E-state index is 13.7. The minimum absolute atomic E-state index is 0.00337. The number of ether oxygens (including phenoxy) is 1. The molecule has 1 aromatic heterocycles. The van der Waals surface area contributed by atoms with Crippen LogP contribution in [-0.2, 0) is 6.54 Å². The van der Waals surface area contributed by atoms with Gasteiger partial charge in [-0.3, -0.25) is 19.6 Å². The molecule has 0 unspecified atom stereocenters. The third-order valence-electron chi connectivity index (χ3n) is 6.44. The van der Waals surface area contributed by atoms with Crippen molar-refractivity contribution >= 4 is 5.78 Å². The summed E-state index contributed by atoms with van der Waals surface area (Å²) in [7, 11) is 1.52. The fourth-order valence-electron chi connectivity index (χ4n) is 4.81. The second-order valence-corrected chi connectivity index (χ2v) is 8.37. The number of piperidine rings is 2. The number of benzene rings is 1. The van der Waals surface area contributed by atoms with Crippen LogP contribution in [0.2, 0.25) is 0 Å². The van der Waals surface area contributed by atoms with E-state index in [0.717, 1.165) is 64.1 Å². The Morgan fingerprint density at radius 2 is 2.00 bits per heavy atom. The third kappa shape index (κ3) is 4.87. The fourth-order valence-corrected chi connectivity index (χ4v) is 4.81. The number of ketones is 1. The largest absolute Gasteiger partial charge is 0.496 e. The number of aromatic nitrogens is 1. The first kappa shape index (κ1) is 20.9. The summed E-state index contributed by atoms with van der Waals surface area (Å²) in [4.78, 5) is 22.5. The summed E-state index contributed by atoms with van der Waals surface area (Å²) in [5.74, 6) is -0.0296. The molecule has 2 fully saturated rings. The van der Waals surface area contributed by atoms with E-state index in [2.05, 4.69) is 20.9 Å². The highest BCUT2D eigenvalue weighted by atomic mass is 19.1. The molecule has 30 heavy (non-hydrogen) atoms. The molecular weight excluding hydrogens is 381 g/mol. The van der Waals surface area contributed by atoms with Gasteiger partial charge in [-0.25, -0.2) is 4.39 Å². The second kappa shape index (κ2) is 9.67. The van der Waals surface area contributed by atoms with Gasteiger partial charge in [0.05, 0.1) is 18.4 Å². The van der Waals surface area contributed by atoms with Crippen LogP contribution in [0.1, 0.15) is 41.7 Å². The van der Waals surface area contributed by atoms with E-state index >= 15 is 0 Å². The highest BCUT2D eigenvalue weighted by Gasteiger charge is 2.33. The Balaban J connectivity index is 1.34. The Labute approximate surface area is 177 Å². The van der Waals surface area contributed by atoms with Gasteiger partial charge in [-0.2, -0.15) is 0 Å². The van der Waals surface area contributed by atoms with E-state index in [4.69, 9.17) is 4.74 Å². The van der Waals surface area contributed by atoms with Gasteiger partial charge in [0.1, 0.15) is 11.6 Å². The summed E-state index contributed by atoms with van der Waals surface area (Å²) in [5, 5.41) is 0. The van der Waals surface area contributed by atoms with Crippen molar-refractivity contribution in [1.29, 1.82) is 0 Å². The lowest BCUT2D eigenvalue weighted by Gasteiger charge is -2.42. The molecule has 1 atom stereocenters. The normalized spacial score (nSPS) is 21.5. The lowest BCUT2D eigenvalue weighted by atomic mass is 9.88. The van der Waals surface area contributed by atoms with Crippen LogP contribution in [0.3, 0.4) is 0 Å². The van der Waals surface area contributed by atoms with Crippen LogP contribution in [0.25, 0.3) is 0 Å². The average molecular weight is 412 g/mol. The van der Waals surface area contributed by atoms with Crippen LogP contribution in [0.15, 0.2) is 42.6 Å². The summed E-state index contributed by atoms with van der Waals surface area (Å²) >= 11 is 0. The number of likely N-dealkylation sites (tertiary alicyclic amines) is 2. The van der Waals surface area contributed by atoms with Gasteiger partial charge < -0.3 is 4.74 Å². The summed E-state index contributed by atoms with van der Waals surface area (Å²) < 4.78 is 19.0. The molecule has 0 saturated carbocycles. The van der Waals surface area contributed by atoms with Crippen LogP contribution < -0.4 is 4.74 Å². The van der Waals surface area contributed by atoms with Gasteiger partial charge in [0, 0.05) is 44.3 Å². The molecule has 2 aliphatic rings. The highest BCUT2D eigenvalue weighted by molar-refractivity contribution is 6.00. The molecule has 0 radical (unpaired) electrons. The molecule has 2 aromatic rings. The van der Waals surface area contributed by atoms with E-state index in [1.807, 2.05) is 18.3 Å². The molecule has 160 valence electrons. The van der Waals surface area contributed by atoms with Crippen LogP contribution in [0, 0.1) is 11.7 Å². The van der Waals surface area contributed by atoms with Gasteiger partial charge in [-0.1, -0.05) is 6.07 Å². The molecule has 0 aliphatic carbocycles. The fraction of sp³-hybridized carbons (Fsp3) is 0.500. The molecule has 2 saturated heterocycles. The maximum absolute atomic E-state index is 13.7. The van der Waals surface area contributed by atoms with E-state index in [1.165, 1.54) is 19.2 Å². The number of methoxy groups -OCH3 is 1. The predicted molar refractivity (Wildman–Crippen MR) is 114 cm³/mol. The summed E-state index contributed by atoms with van der Waals surface area (Å²) in [6.07, 6.45) is 5.92. The molecule has 5 nitrogen and oxygen atoms in total. The zero-order chi connectivity index (χ0) is 20.9. The molecule has 0 amide bonds. The minimum atomic E-state index is -0.396. The second-order valence-electron chi connectivity index (χ2n) is 8.37. The number of hydrogen-bond donors (Lipinski definition) is 0. The van der Waals surface area contributed by atoms with Crippen molar-refractivity contribution in [3.8, 4) is 5.75 Å². The molecule has 4 rings (SSSR count). The zero-order valence-corrected chi connectivity index (χ0v) is 17.6. The molecule has 0 spiro atoms. The molecule has 2 aliphatic heterocycles. The van der Waals surface area contributed by atoms with Crippen LogP contribution in [0.4, 0.5) is 4.39 Å². The van der Waals surface area contributed by atoms with Crippen LogP contribution in [0.5, 0.6) is 5.75 Å². The van der Waals surface area contributed by atoms with Crippen molar-refractivity contribution in [2.45, 2.75) is 38.3 Å². The maximum Gasteiger partial charge on any atom is 0.171 e. The summed E-state index contributed by atoms with van der Waals surface area (Å²) in [5.41, 5.74) is 1.48. The molecular formula is C24H30FN3O2. The van der Waals surface area contributed by atoms with Crippen molar-refractivity contribution in [1.82, 2.24) is 14.8 Å². The number of carbonyl (C=O) groups excluding carboxylic acids is 1. The van der Waals surface area contributed by atoms with Crippen molar-refractivity contribution in [3.05, 3.63) is 59.7 Å². The highest BCUT2D eigenvalue weighted by Crippen LogP contribution is 2.29. The number of Topliss-reactive ketones (excluding diaryl/α,β-unsaturated/α-hetero) is 1. The topological polar surface area (TPSA) is 45.7 Å². The molecule has 6 heteroatoms. The van der Waals surface area contributed by atoms with Crippen molar-refractivity contribution in [2.75, 3.05) is 33.3 Å². The van der Waals surface area contributed by atoms with Gasteiger partial charge >= 0.3 is 0 Å². The van der Waals surface area contributed by atoms with Gasteiger partial charge in [0.2, 0.25) is 0 Å². The molecule has 0 bridgehead atoms. The molecule has 3 heterocycles. The Morgan fingerprint density at radius 1 is 1.17 bits per heavy atom. The van der Waals surface area contributed by atoms with Crippen molar-refractivity contribution in [3.63, 3.8) is 0 Å². The van der Waals surface area contributed by atoms with E-state index in [9.17, 15) is 9.18 Å². The Hall–Kier alpha value is -2.31. The standard InChI is InChI=1S/C24H30FN3O2/c1-30-23-8-7-19(25)15-22(23)24(29)18-5-4-12-28(16-18)21-9-13-27(14-10-21)17-20-6-2-3-11-26-20/h2-3,6-8,11,15,18,21H,4-5,9-10,12-14,16-17H2,1H3/t18-/m1/s1.